The Morgan fingerprint density at radius 1 is 0.846 bits per heavy atom. The molecule has 0 aliphatic rings. The van der Waals surface area contributed by atoms with E-state index in [-0.39, 0.29) is 16.6 Å². The van der Waals surface area contributed by atoms with Gasteiger partial charge in [-0.1, -0.05) is 0 Å². The Morgan fingerprint density at radius 3 is 1.88 bits per heavy atom. The lowest BCUT2D eigenvalue weighted by molar-refractivity contribution is -0.140. The highest BCUT2D eigenvalue weighted by atomic mass is 32.2. The third-order valence-corrected chi connectivity index (χ3v) is 6.05. The molecule has 0 unspecified atom stereocenters. The Bertz CT molecular complexity index is 1020. The second kappa shape index (κ2) is 6.85. The van der Waals surface area contributed by atoms with E-state index in [0.717, 1.165) is 24.3 Å². The van der Waals surface area contributed by atoms with Crippen molar-refractivity contribution in [3.8, 4) is 0 Å². The minimum absolute atomic E-state index is 0.0852. The maximum Gasteiger partial charge on any atom is 0.419 e. The van der Waals surface area contributed by atoms with Crippen LogP contribution in [0.25, 0.3) is 0 Å². The van der Waals surface area contributed by atoms with Gasteiger partial charge in [0.15, 0.2) is 0 Å². The normalized spacial score (nSPS) is 12.8. The summed E-state index contributed by atoms with van der Waals surface area (Å²) < 4.78 is 103. The van der Waals surface area contributed by atoms with Crippen LogP contribution in [-0.2, 0) is 26.2 Å². The molecule has 12 heteroatoms. The lowest BCUT2D eigenvalue weighted by Crippen LogP contribution is -2.19. The minimum atomic E-state index is -5.06. The molecule has 0 aliphatic carbocycles. The number of benzene rings is 2. The van der Waals surface area contributed by atoms with E-state index in [4.69, 9.17) is 0 Å². The van der Waals surface area contributed by atoms with Crippen molar-refractivity contribution in [3.63, 3.8) is 0 Å². The van der Waals surface area contributed by atoms with Crippen molar-refractivity contribution < 1.29 is 34.4 Å². The van der Waals surface area contributed by atoms with Crippen LogP contribution in [0, 0.1) is 5.82 Å². The maximum absolute atomic E-state index is 13.3. The number of alkyl halides is 3. The summed E-state index contributed by atoms with van der Waals surface area (Å²) in [4.78, 5) is -0.928. The van der Waals surface area contributed by atoms with Crippen LogP contribution in [0.15, 0.2) is 52.3 Å². The summed E-state index contributed by atoms with van der Waals surface area (Å²) in [5, 5.41) is 0. The van der Waals surface area contributed by atoms with Crippen LogP contribution in [-0.4, -0.2) is 23.9 Å². The first-order valence-electron chi connectivity index (χ1n) is 6.80. The number of hydrogen-bond acceptors (Lipinski definition) is 4. The van der Waals surface area contributed by atoms with Gasteiger partial charge in [-0.15, -0.1) is 0 Å². The predicted molar refractivity (Wildman–Crippen MR) is 84.9 cm³/mol. The molecule has 0 bridgehead atoms. The van der Waals surface area contributed by atoms with E-state index in [2.05, 4.69) is 4.72 Å². The minimum Gasteiger partial charge on any atom is -0.280 e. The summed E-state index contributed by atoms with van der Waals surface area (Å²) in [5.41, 5.74) is -1.80. The average molecular weight is 412 g/mol. The van der Waals surface area contributed by atoms with Crippen molar-refractivity contribution in [2.45, 2.75) is 16.0 Å². The van der Waals surface area contributed by atoms with Crippen molar-refractivity contribution in [1.82, 2.24) is 4.72 Å². The van der Waals surface area contributed by atoms with Gasteiger partial charge in [-0.2, -0.15) is 13.2 Å². The molecule has 0 spiro atoms. The van der Waals surface area contributed by atoms with Gasteiger partial charge in [0, 0.05) is 5.69 Å². The SMILES string of the molecule is CNS(=O)(=O)c1ccc(NS(=O)(=O)c2ccc(F)c(C(F)(F)F)c2)cc1. The molecule has 0 radical (unpaired) electrons. The fourth-order valence-corrected chi connectivity index (χ4v) is 3.74. The molecule has 6 nitrogen and oxygen atoms in total. The summed E-state index contributed by atoms with van der Waals surface area (Å²) in [6, 6.07) is 5.72. The Morgan fingerprint density at radius 2 is 1.38 bits per heavy atom. The van der Waals surface area contributed by atoms with Crippen LogP contribution < -0.4 is 9.44 Å². The highest BCUT2D eigenvalue weighted by Gasteiger charge is 2.35. The topological polar surface area (TPSA) is 92.3 Å². The van der Waals surface area contributed by atoms with Gasteiger partial charge < -0.3 is 0 Å². The fraction of sp³-hybridized carbons (Fsp3) is 0.143. The van der Waals surface area contributed by atoms with Crippen LogP contribution in [0.1, 0.15) is 5.56 Å². The third kappa shape index (κ3) is 4.31. The van der Waals surface area contributed by atoms with Gasteiger partial charge in [0.2, 0.25) is 10.0 Å². The Balaban J connectivity index is 2.35. The molecule has 26 heavy (non-hydrogen) atoms. The molecule has 0 fully saturated rings. The Hall–Kier alpha value is -2.18. The summed E-state index contributed by atoms with van der Waals surface area (Å²) in [5.74, 6) is -1.60. The zero-order valence-electron chi connectivity index (χ0n) is 13.0. The smallest absolute Gasteiger partial charge is 0.280 e. The van der Waals surface area contributed by atoms with E-state index in [0.29, 0.717) is 12.1 Å². The number of rotatable bonds is 5. The lowest BCUT2D eigenvalue weighted by atomic mass is 10.2. The summed E-state index contributed by atoms with van der Waals surface area (Å²) >= 11 is 0. The molecule has 0 saturated heterocycles. The van der Waals surface area contributed by atoms with Crippen molar-refractivity contribution in [1.29, 1.82) is 0 Å². The molecule has 2 aromatic carbocycles. The van der Waals surface area contributed by atoms with Crippen molar-refractivity contribution >= 4 is 25.7 Å². The molecule has 2 aromatic rings. The quantitative estimate of drug-likeness (QED) is 0.739. The molecule has 0 atom stereocenters. The number of halogens is 4. The van der Waals surface area contributed by atoms with Gasteiger partial charge in [0.25, 0.3) is 10.0 Å². The zero-order chi connectivity index (χ0) is 19.8. The van der Waals surface area contributed by atoms with E-state index in [1.807, 2.05) is 4.72 Å². The van der Waals surface area contributed by atoms with Crippen LogP contribution >= 0.6 is 0 Å². The predicted octanol–water partition coefficient (Wildman–Crippen LogP) is 2.55. The molecule has 0 saturated carbocycles. The van der Waals surface area contributed by atoms with Crippen LogP contribution in [0.4, 0.5) is 23.2 Å². The summed E-state index contributed by atoms with van der Waals surface area (Å²) in [6.45, 7) is 0. The molecule has 2 N–H and O–H groups in total. The molecular weight excluding hydrogens is 400 g/mol. The van der Waals surface area contributed by atoms with E-state index in [9.17, 15) is 34.4 Å². The number of sulfonamides is 2. The van der Waals surface area contributed by atoms with Crippen LogP contribution in [0.3, 0.4) is 0 Å². The van der Waals surface area contributed by atoms with E-state index >= 15 is 0 Å². The van der Waals surface area contributed by atoms with Crippen LogP contribution in [0.5, 0.6) is 0 Å². The van der Waals surface area contributed by atoms with Gasteiger partial charge in [-0.25, -0.2) is 25.9 Å². The highest BCUT2D eigenvalue weighted by molar-refractivity contribution is 7.92. The first-order chi connectivity index (χ1) is 11.9. The molecule has 0 heterocycles. The van der Waals surface area contributed by atoms with Gasteiger partial charge in [-0.3, -0.25) is 4.72 Å². The van der Waals surface area contributed by atoms with Crippen LogP contribution in [0.2, 0.25) is 0 Å². The van der Waals surface area contributed by atoms with E-state index < -0.39 is 42.5 Å². The van der Waals surface area contributed by atoms with Gasteiger partial charge in [-0.05, 0) is 49.5 Å². The fourth-order valence-electron chi connectivity index (χ4n) is 1.92. The molecule has 142 valence electrons. The van der Waals surface area contributed by atoms with Crippen molar-refractivity contribution in [2.75, 3.05) is 11.8 Å². The zero-order valence-corrected chi connectivity index (χ0v) is 14.6. The van der Waals surface area contributed by atoms with Gasteiger partial charge >= 0.3 is 6.18 Å². The molecule has 0 aromatic heterocycles. The monoisotopic (exact) mass is 412 g/mol. The van der Waals surface area contributed by atoms with Crippen molar-refractivity contribution in [3.05, 3.63) is 53.8 Å². The number of nitrogens with one attached hydrogen (secondary N) is 2. The van der Waals surface area contributed by atoms with E-state index in [1.54, 1.807) is 0 Å². The molecule has 0 amide bonds. The average Bonchev–Trinajstić information content (AvgIpc) is 2.54. The second-order valence-corrected chi connectivity index (χ2v) is 8.55. The number of anilines is 1. The standard InChI is InChI=1S/C14H12F4N2O4S2/c1-19-25(21,22)10-4-2-9(3-5-10)20-26(23,24)11-6-7-13(15)12(8-11)14(16,17)18/h2-8,19-20H,1H3. The molecule has 2 rings (SSSR count). The van der Waals surface area contributed by atoms with Crippen molar-refractivity contribution in [2.24, 2.45) is 0 Å². The Labute approximate surface area is 147 Å². The first kappa shape index (κ1) is 20.1. The third-order valence-electron chi connectivity index (χ3n) is 3.24. The van der Waals surface area contributed by atoms with E-state index in [1.165, 1.54) is 7.05 Å². The Kier molecular flexibility index (Phi) is 5.31. The number of hydrogen-bond donors (Lipinski definition) is 2. The summed E-state index contributed by atoms with van der Waals surface area (Å²) in [6.07, 6.45) is -5.06. The van der Waals surface area contributed by atoms with Gasteiger partial charge in [0.05, 0.1) is 15.4 Å². The highest BCUT2D eigenvalue weighted by Crippen LogP contribution is 2.33. The maximum atomic E-state index is 13.3. The largest absolute Gasteiger partial charge is 0.419 e. The second-order valence-electron chi connectivity index (χ2n) is 4.98. The molecular formula is C14H12F4N2O4S2. The van der Waals surface area contributed by atoms with Gasteiger partial charge in [0.1, 0.15) is 5.82 Å². The molecule has 0 aliphatic heterocycles. The lowest BCUT2D eigenvalue weighted by Gasteiger charge is -2.12. The summed E-state index contributed by atoms with van der Waals surface area (Å²) in [7, 11) is -6.99. The first-order valence-corrected chi connectivity index (χ1v) is 9.76.